The molecule has 1 aromatic heterocycles. The van der Waals surface area contributed by atoms with Crippen LogP contribution in [0.1, 0.15) is 34.6 Å². The zero-order valence-corrected chi connectivity index (χ0v) is 16.2. The van der Waals surface area contributed by atoms with Crippen molar-refractivity contribution in [3.63, 3.8) is 0 Å². The molecule has 1 aliphatic rings. The van der Waals surface area contributed by atoms with E-state index in [1.165, 1.54) is 25.3 Å². The predicted molar refractivity (Wildman–Crippen MR) is 99.0 cm³/mol. The SMILES string of the molecule is COCCNC(=O)c1cc2n(n1)[C@@H](C(F)(F)F)C[C@H](c1ccc(Cl)c(Cl)c1)N2. The molecule has 1 aliphatic heterocycles. The Hall–Kier alpha value is -1.97. The number of aromatic nitrogens is 2. The van der Waals surface area contributed by atoms with E-state index in [1.807, 2.05) is 0 Å². The Morgan fingerprint density at radius 3 is 2.75 bits per heavy atom. The summed E-state index contributed by atoms with van der Waals surface area (Å²) < 4.78 is 46.6. The molecule has 152 valence electrons. The number of hydrogen-bond donors (Lipinski definition) is 2. The Morgan fingerprint density at radius 1 is 1.36 bits per heavy atom. The maximum atomic E-state index is 13.7. The molecule has 2 heterocycles. The summed E-state index contributed by atoms with van der Waals surface area (Å²) in [7, 11) is 1.47. The van der Waals surface area contributed by atoms with Crippen molar-refractivity contribution in [3.8, 4) is 0 Å². The lowest BCUT2D eigenvalue weighted by Crippen LogP contribution is -2.36. The predicted octanol–water partition coefficient (Wildman–Crippen LogP) is 4.23. The second-order valence-electron chi connectivity index (χ2n) is 6.27. The van der Waals surface area contributed by atoms with Gasteiger partial charge in [-0.25, -0.2) is 4.68 Å². The molecule has 1 aromatic carbocycles. The number of amides is 1. The lowest BCUT2D eigenvalue weighted by Gasteiger charge is -2.33. The third-order valence-corrected chi connectivity index (χ3v) is 5.10. The van der Waals surface area contributed by atoms with E-state index in [1.54, 1.807) is 6.07 Å². The molecule has 11 heteroatoms. The van der Waals surface area contributed by atoms with Crippen LogP contribution >= 0.6 is 23.2 Å². The molecule has 0 bridgehead atoms. The van der Waals surface area contributed by atoms with Crippen LogP contribution in [-0.4, -0.2) is 42.1 Å². The third-order valence-electron chi connectivity index (χ3n) is 4.36. The number of carbonyl (C=O) groups is 1. The number of methoxy groups -OCH3 is 1. The molecule has 2 N–H and O–H groups in total. The summed E-state index contributed by atoms with van der Waals surface area (Å²) in [4.78, 5) is 12.1. The van der Waals surface area contributed by atoms with E-state index in [0.717, 1.165) is 4.68 Å². The van der Waals surface area contributed by atoms with Gasteiger partial charge in [0.05, 0.1) is 22.7 Å². The Labute approximate surface area is 168 Å². The fourth-order valence-corrected chi connectivity index (χ4v) is 3.30. The van der Waals surface area contributed by atoms with Gasteiger partial charge >= 0.3 is 6.18 Å². The van der Waals surface area contributed by atoms with Crippen LogP contribution in [0.25, 0.3) is 0 Å². The Bertz CT molecular complexity index is 873. The number of anilines is 1. The first-order chi connectivity index (χ1) is 13.2. The first kappa shape index (κ1) is 20.8. The lowest BCUT2D eigenvalue weighted by molar-refractivity contribution is -0.173. The van der Waals surface area contributed by atoms with Gasteiger partial charge in [0, 0.05) is 26.1 Å². The number of nitrogens with one attached hydrogen (secondary N) is 2. The van der Waals surface area contributed by atoms with Gasteiger partial charge in [0.25, 0.3) is 5.91 Å². The second-order valence-corrected chi connectivity index (χ2v) is 7.09. The number of fused-ring (bicyclic) bond motifs is 1. The minimum absolute atomic E-state index is 0.0986. The molecule has 2 aromatic rings. The molecule has 0 spiro atoms. The highest BCUT2D eigenvalue weighted by molar-refractivity contribution is 6.42. The number of ether oxygens (including phenoxy) is 1. The quantitative estimate of drug-likeness (QED) is 0.688. The average Bonchev–Trinajstić information content (AvgIpc) is 3.06. The molecule has 0 fully saturated rings. The molecule has 0 unspecified atom stereocenters. The summed E-state index contributed by atoms with van der Waals surface area (Å²) in [5, 5.41) is 9.97. The van der Waals surface area contributed by atoms with Crippen molar-refractivity contribution in [3.05, 3.63) is 45.6 Å². The number of carbonyl (C=O) groups excluding carboxylic acids is 1. The van der Waals surface area contributed by atoms with E-state index in [-0.39, 0.29) is 36.1 Å². The van der Waals surface area contributed by atoms with E-state index in [2.05, 4.69) is 15.7 Å². The lowest BCUT2D eigenvalue weighted by atomic mass is 9.97. The molecule has 0 radical (unpaired) electrons. The fourth-order valence-electron chi connectivity index (χ4n) is 2.99. The fraction of sp³-hybridized carbons (Fsp3) is 0.412. The molecule has 28 heavy (non-hydrogen) atoms. The van der Waals surface area contributed by atoms with Gasteiger partial charge in [-0.2, -0.15) is 18.3 Å². The van der Waals surface area contributed by atoms with Gasteiger partial charge in [-0.1, -0.05) is 29.3 Å². The molecule has 2 atom stereocenters. The molecular formula is C17H17Cl2F3N4O2. The number of nitrogens with zero attached hydrogens (tertiary/aromatic N) is 2. The molecule has 1 amide bonds. The number of alkyl halides is 3. The summed E-state index contributed by atoms with van der Waals surface area (Å²) in [5.41, 5.74) is 0.449. The molecular weight excluding hydrogens is 420 g/mol. The standard InChI is InChI=1S/C17H17Cl2F3N4O2/c1-28-5-4-23-16(27)13-8-15-24-12(9-2-3-10(18)11(19)6-9)7-14(17(20,21)22)26(15)25-13/h2-3,6,8,12,14,24H,4-5,7H2,1H3,(H,23,27)/t12-,14-/m1/s1. The largest absolute Gasteiger partial charge is 0.410 e. The average molecular weight is 437 g/mol. The highest BCUT2D eigenvalue weighted by atomic mass is 35.5. The monoisotopic (exact) mass is 436 g/mol. The van der Waals surface area contributed by atoms with E-state index in [0.29, 0.717) is 10.6 Å². The summed E-state index contributed by atoms with van der Waals surface area (Å²) in [6.07, 6.45) is -4.85. The van der Waals surface area contributed by atoms with Crippen LogP contribution in [0.15, 0.2) is 24.3 Å². The van der Waals surface area contributed by atoms with Crippen LogP contribution in [-0.2, 0) is 4.74 Å². The van der Waals surface area contributed by atoms with Crippen LogP contribution in [0.5, 0.6) is 0 Å². The van der Waals surface area contributed by atoms with E-state index in [9.17, 15) is 18.0 Å². The maximum absolute atomic E-state index is 13.7. The van der Waals surface area contributed by atoms with Crippen LogP contribution < -0.4 is 10.6 Å². The van der Waals surface area contributed by atoms with Gasteiger partial charge in [0.15, 0.2) is 11.7 Å². The molecule has 6 nitrogen and oxygen atoms in total. The molecule has 0 aliphatic carbocycles. The zero-order chi connectivity index (χ0) is 20.5. The van der Waals surface area contributed by atoms with E-state index >= 15 is 0 Å². The summed E-state index contributed by atoms with van der Waals surface area (Å²) in [6, 6.07) is 3.41. The van der Waals surface area contributed by atoms with E-state index in [4.69, 9.17) is 27.9 Å². The number of halogens is 5. The normalized spacial score (nSPS) is 19.1. The van der Waals surface area contributed by atoms with Gasteiger partial charge in [-0.05, 0) is 17.7 Å². The molecule has 0 saturated heterocycles. The summed E-state index contributed by atoms with van der Waals surface area (Å²) in [6.45, 7) is 0.502. The van der Waals surface area contributed by atoms with Crippen molar-refractivity contribution in [2.75, 3.05) is 25.6 Å². The van der Waals surface area contributed by atoms with Crippen molar-refractivity contribution in [2.24, 2.45) is 0 Å². The number of rotatable bonds is 5. The first-order valence-electron chi connectivity index (χ1n) is 8.35. The van der Waals surface area contributed by atoms with Crippen LogP contribution in [0.4, 0.5) is 19.0 Å². The van der Waals surface area contributed by atoms with Crippen LogP contribution in [0.3, 0.4) is 0 Å². The maximum Gasteiger partial charge on any atom is 0.410 e. The van der Waals surface area contributed by atoms with Crippen LogP contribution in [0.2, 0.25) is 10.0 Å². The minimum Gasteiger partial charge on any atom is -0.383 e. The minimum atomic E-state index is -4.54. The summed E-state index contributed by atoms with van der Waals surface area (Å²) >= 11 is 11.9. The Balaban J connectivity index is 1.91. The van der Waals surface area contributed by atoms with Gasteiger partial charge in [-0.15, -0.1) is 0 Å². The highest BCUT2D eigenvalue weighted by Gasteiger charge is 2.46. The van der Waals surface area contributed by atoms with Crippen molar-refractivity contribution in [2.45, 2.75) is 24.7 Å². The second kappa shape index (κ2) is 8.18. The van der Waals surface area contributed by atoms with E-state index < -0.39 is 24.2 Å². The van der Waals surface area contributed by atoms with Gasteiger partial charge in [0.1, 0.15) is 5.82 Å². The van der Waals surface area contributed by atoms with Crippen molar-refractivity contribution in [1.29, 1.82) is 0 Å². The van der Waals surface area contributed by atoms with Gasteiger partial charge in [-0.3, -0.25) is 4.79 Å². The number of hydrogen-bond acceptors (Lipinski definition) is 4. The Morgan fingerprint density at radius 2 is 2.11 bits per heavy atom. The zero-order valence-electron chi connectivity index (χ0n) is 14.7. The number of benzene rings is 1. The first-order valence-corrected chi connectivity index (χ1v) is 9.11. The highest BCUT2D eigenvalue weighted by Crippen LogP contribution is 2.44. The van der Waals surface area contributed by atoms with Crippen LogP contribution in [0, 0.1) is 0 Å². The molecule has 3 rings (SSSR count). The third kappa shape index (κ3) is 4.37. The topological polar surface area (TPSA) is 68.2 Å². The van der Waals surface area contributed by atoms with Gasteiger partial charge in [0.2, 0.25) is 0 Å². The summed E-state index contributed by atoms with van der Waals surface area (Å²) in [5.74, 6) is -0.477. The van der Waals surface area contributed by atoms with Gasteiger partial charge < -0.3 is 15.4 Å². The van der Waals surface area contributed by atoms with Crippen molar-refractivity contribution < 1.29 is 22.7 Å². The smallest absolute Gasteiger partial charge is 0.383 e. The van der Waals surface area contributed by atoms with Crippen molar-refractivity contribution >= 4 is 34.9 Å². The van der Waals surface area contributed by atoms with Crippen molar-refractivity contribution in [1.82, 2.24) is 15.1 Å². The molecule has 0 saturated carbocycles. The Kier molecular flexibility index (Phi) is 6.07.